The molecule has 0 aliphatic heterocycles. The fourth-order valence-electron chi connectivity index (χ4n) is 2.43. The van der Waals surface area contributed by atoms with Crippen molar-refractivity contribution in [2.45, 2.75) is 13.5 Å². The van der Waals surface area contributed by atoms with Gasteiger partial charge in [-0.05, 0) is 25.1 Å². The summed E-state index contributed by atoms with van der Waals surface area (Å²) in [6.45, 7) is 2.40. The van der Waals surface area contributed by atoms with E-state index in [-0.39, 0.29) is 0 Å². The Hall–Kier alpha value is -3.48. The molecule has 4 aromatic rings. The minimum Gasteiger partial charge on any atom is -0.472 e. The molecule has 4 aromatic heterocycles. The zero-order valence-electron chi connectivity index (χ0n) is 13.5. The Balaban J connectivity index is 1.67. The molecular weight excluding hydrogens is 318 g/mol. The van der Waals surface area contributed by atoms with Crippen molar-refractivity contribution in [3.63, 3.8) is 0 Å². The summed E-state index contributed by atoms with van der Waals surface area (Å²) in [6, 6.07) is 9.46. The molecule has 0 aliphatic carbocycles. The second-order valence-electron chi connectivity index (χ2n) is 5.48. The third-order valence-electron chi connectivity index (χ3n) is 3.63. The number of anilines is 1. The van der Waals surface area contributed by atoms with Crippen LogP contribution in [0.25, 0.3) is 22.6 Å². The van der Waals surface area contributed by atoms with Crippen LogP contribution in [0, 0.1) is 6.92 Å². The first-order valence-electron chi connectivity index (χ1n) is 7.77. The number of aryl methyl sites for hydroxylation is 1. The summed E-state index contributed by atoms with van der Waals surface area (Å²) in [5.41, 5.74) is 4.01. The lowest BCUT2D eigenvalue weighted by molar-refractivity contribution is 0.427. The lowest BCUT2D eigenvalue weighted by atomic mass is 10.1. The van der Waals surface area contributed by atoms with Crippen LogP contribution >= 0.6 is 0 Å². The number of rotatable bonds is 5. The first-order chi connectivity index (χ1) is 12.3. The highest BCUT2D eigenvalue weighted by molar-refractivity contribution is 5.77. The summed E-state index contributed by atoms with van der Waals surface area (Å²) in [5, 5.41) is 7.12. The molecule has 124 valence electrons. The van der Waals surface area contributed by atoms with Crippen LogP contribution in [0.5, 0.6) is 0 Å². The van der Waals surface area contributed by atoms with Gasteiger partial charge in [-0.2, -0.15) is 0 Å². The van der Waals surface area contributed by atoms with Crippen molar-refractivity contribution in [2.24, 2.45) is 0 Å². The third-order valence-corrected chi connectivity index (χ3v) is 3.63. The van der Waals surface area contributed by atoms with Crippen molar-refractivity contribution in [3.05, 3.63) is 66.6 Å². The molecule has 4 rings (SSSR count). The molecule has 0 atom stereocenters. The number of furan rings is 1. The SMILES string of the molecule is Cc1cc(-c2cnc(NCc3ccccn3)nc2-c2ccoc2)on1. The maximum Gasteiger partial charge on any atom is 0.223 e. The van der Waals surface area contributed by atoms with Gasteiger partial charge in [0.2, 0.25) is 5.95 Å². The lowest BCUT2D eigenvalue weighted by Gasteiger charge is -2.08. The van der Waals surface area contributed by atoms with Gasteiger partial charge in [-0.25, -0.2) is 9.97 Å². The second kappa shape index (κ2) is 6.56. The van der Waals surface area contributed by atoms with E-state index in [0.29, 0.717) is 23.9 Å². The molecular formula is C18H15N5O2. The van der Waals surface area contributed by atoms with E-state index in [1.807, 2.05) is 37.3 Å². The molecule has 7 nitrogen and oxygen atoms in total. The average molecular weight is 333 g/mol. The molecule has 0 radical (unpaired) electrons. The van der Waals surface area contributed by atoms with Crippen LogP contribution in [-0.4, -0.2) is 20.1 Å². The van der Waals surface area contributed by atoms with Crippen LogP contribution in [-0.2, 0) is 6.54 Å². The van der Waals surface area contributed by atoms with Crippen LogP contribution in [0.15, 0.2) is 64.2 Å². The van der Waals surface area contributed by atoms with Gasteiger partial charge in [-0.15, -0.1) is 0 Å². The largest absolute Gasteiger partial charge is 0.472 e. The van der Waals surface area contributed by atoms with Gasteiger partial charge in [0.05, 0.1) is 41.7 Å². The van der Waals surface area contributed by atoms with E-state index in [9.17, 15) is 0 Å². The summed E-state index contributed by atoms with van der Waals surface area (Å²) in [6.07, 6.45) is 6.71. The maximum atomic E-state index is 5.37. The van der Waals surface area contributed by atoms with E-state index >= 15 is 0 Å². The number of nitrogens with zero attached hydrogens (tertiary/aromatic N) is 4. The molecule has 0 unspecified atom stereocenters. The van der Waals surface area contributed by atoms with Crippen molar-refractivity contribution in [1.82, 2.24) is 20.1 Å². The highest BCUT2D eigenvalue weighted by Crippen LogP contribution is 2.31. The molecule has 0 fully saturated rings. The van der Waals surface area contributed by atoms with Gasteiger partial charge in [-0.3, -0.25) is 4.98 Å². The van der Waals surface area contributed by atoms with Crippen molar-refractivity contribution >= 4 is 5.95 Å². The van der Waals surface area contributed by atoms with Crippen molar-refractivity contribution in [2.75, 3.05) is 5.32 Å². The van der Waals surface area contributed by atoms with Crippen molar-refractivity contribution in [1.29, 1.82) is 0 Å². The summed E-state index contributed by atoms with van der Waals surface area (Å²) < 4.78 is 10.6. The van der Waals surface area contributed by atoms with Gasteiger partial charge in [0.15, 0.2) is 5.76 Å². The number of hydrogen-bond donors (Lipinski definition) is 1. The first kappa shape index (κ1) is 15.1. The van der Waals surface area contributed by atoms with Gasteiger partial charge in [-0.1, -0.05) is 11.2 Å². The maximum absolute atomic E-state index is 5.37. The molecule has 4 heterocycles. The van der Waals surface area contributed by atoms with Crippen LogP contribution < -0.4 is 5.32 Å². The number of hydrogen-bond acceptors (Lipinski definition) is 7. The molecule has 0 saturated heterocycles. The Morgan fingerprint density at radius 3 is 2.84 bits per heavy atom. The van der Waals surface area contributed by atoms with Gasteiger partial charge in [0.25, 0.3) is 0 Å². The fraction of sp³-hybridized carbons (Fsp3) is 0.111. The smallest absolute Gasteiger partial charge is 0.223 e. The van der Waals surface area contributed by atoms with E-state index in [1.54, 1.807) is 24.9 Å². The van der Waals surface area contributed by atoms with Crippen molar-refractivity contribution < 1.29 is 8.94 Å². The van der Waals surface area contributed by atoms with Crippen LogP contribution in [0.1, 0.15) is 11.4 Å². The van der Waals surface area contributed by atoms with E-state index in [1.165, 1.54) is 0 Å². The van der Waals surface area contributed by atoms with E-state index in [2.05, 4.69) is 25.4 Å². The number of pyridine rings is 1. The molecule has 7 heteroatoms. The Morgan fingerprint density at radius 2 is 2.12 bits per heavy atom. The molecule has 1 N–H and O–H groups in total. The Kier molecular flexibility index (Phi) is 3.96. The Morgan fingerprint density at radius 1 is 1.16 bits per heavy atom. The van der Waals surface area contributed by atoms with Gasteiger partial charge in [0, 0.05) is 24.0 Å². The summed E-state index contributed by atoms with van der Waals surface area (Å²) in [5.74, 6) is 1.12. The summed E-state index contributed by atoms with van der Waals surface area (Å²) >= 11 is 0. The van der Waals surface area contributed by atoms with E-state index < -0.39 is 0 Å². The average Bonchev–Trinajstić information content (AvgIpc) is 3.32. The highest BCUT2D eigenvalue weighted by Gasteiger charge is 2.16. The summed E-state index contributed by atoms with van der Waals surface area (Å²) in [7, 11) is 0. The quantitative estimate of drug-likeness (QED) is 0.595. The monoisotopic (exact) mass is 333 g/mol. The van der Waals surface area contributed by atoms with Crippen LogP contribution in [0.4, 0.5) is 5.95 Å². The standard InChI is InChI=1S/C18H15N5O2/c1-12-8-16(25-23-12)15-10-21-18(20-9-14-4-2-3-6-19-14)22-17(15)13-5-7-24-11-13/h2-8,10-11H,9H2,1H3,(H,20,21,22). The van der Waals surface area contributed by atoms with Gasteiger partial charge < -0.3 is 14.3 Å². The molecule has 0 aliphatic rings. The topological polar surface area (TPSA) is 89.9 Å². The van der Waals surface area contributed by atoms with E-state index in [0.717, 1.165) is 22.5 Å². The third kappa shape index (κ3) is 3.25. The van der Waals surface area contributed by atoms with Gasteiger partial charge >= 0.3 is 0 Å². The lowest BCUT2D eigenvalue weighted by Crippen LogP contribution is -2.05. The minimum absolute atomic E-state index is 0.502. The van der Waals surface area contributed by atoms with Crippen LogP contribution in [0.2, 0.25) is 0 Å². The number of aromatic nitrogens is 4. The molecule has 0 bridgehead atoms. The predicted molar refractivity (Wildman–Crippen MR) is 91.5 cm³/mol. The summed E-state index contributed by atoms with van der Waals surface area (Å²) in [4.78, 5) is 13.3. The highest BCUT2D eigenvalue weighted by atomic mass is 16.5. The minimum atomic E-state index is 0.502. The van der Waals surface area contributed by atoms with Crippen LogP contribution in [0.3, 0.4) is 0 Å². The molecule has 0 saturated carbocycles. The Labute approximate surface area is 143 Å². The molecule has 0 aromatic carbocycles. The zero-order valence-corrected chi connectivity index (χ0v) is 13.5. The second-order valence-corrected chi connectivity index (χ2v) is 5.48. The molecule has 0 amide bonds. The fourth-order valence-corrected chi connectivity index (χ4v) is 2.43. The first-order valence-corrected chi connectivity index (χ1v) is 7.77. The zero-order chi connectivity index (χ0) is 17.1. The number of nitrogens with one attached hydrogen (secondary N) is 1. The van der Waals surface area contributed by atoms with Gasteiger partial charge in [0.1, 0.15) is 0 Å². The van der Waals surface area contributed by atoms with Crippen molar-refractivity contribution in [3.8, 4) is 22.6 Å². The van der Waals surface area contributed by atoms with E-state index in [4.69, 9.17) is 8.94 Å². The predicted octanol–water partition coefficient (Wildman–Crippen LogP) is 3.71. The molecule has 25 heavy (non-hydrogen) atoms. The Bertz CT molecular complexity index is 964. The normalized spacial score (nSPS) is 10.8. The molecule has 0 spiro atoms.